The van der Waals surface area contributed by atoms with Crippen molar-refractivity contribution in [1.29, 1.82) is 0 Å². The average Bonchev–Trinajstić information content (AvgIpc) is 2.62. The lowest BCUT2D eigenvalue weighted by Gasteiger charge is -2.31. The maximum absolute atomic E-state index is 13.2. The summed E-state index contributed by atoms with van der Waals surface area (Å²) in [6.45, 7) is 8.21. The number of hydrogen-bond donors (Lipinski definition) is 0. The third-order valence-corrected chi connectivity index (χ3v) is 4.66. The monoisotopic (exact) mass is 338 g/mol. The van der Waals surface area contributed by atoms with E-state index in [1.165, 1.54) is 0 Å². The molecule has 0 aromatic heterocycles. The van der Waals surface area contributed by atoms with Crippen molar-refractivity contribution in [2.24, 2.45) is 0 Å². The van der Waals surface area contributed by atoms with E-state index < -0.39 is 0 Å². The van der Waals surface area contributed by atoms with Crippen LogP contribution in [0.5, 0.6) is 0 Å². The fourth-order valence-electron chi connectivity index (χ4n) is 3.33. The van der Waals surface area contributed by atoms with Crippen molar-refractivity contribution in [3.05, 3.63) is 65.2 Å². The second-order valence-electron chi connectivity index (χ2n) is 6.59. The molecule has 132 valence electrons. The van der Waals surface area contributed by atoms with Crippen molar-refractivity contribution in [3.8, 4) is 0 Å². The highest BCUT2D eigenvalue weighted by atomic mass is 16.5. The molecule has 4 heteroatoms. The number of anilines is 1. The van der Waals surface area contributed by atoms with Crippen molar-refractivity contribution < 1.29 is 9.53 Å². The Hall–Kier alpha value is -2.17. The van der Waals surface area contributed by atoms with Gasteiger partial charge in [0.1, 0.15) is 0 Å². The van der Waals surface area contributed by atoms with Crippen molar-refractivity contribution in [2.45, 2.75) is 20.4 Å². The molecule has 0 N–H and O–H groups in total. The number of hydrogen-bond acceptors (Lipinski definition) is 3. The number of carbonyl (C=O) groups is 1. The number of ether oxygens (including phenoxy) is 1. The molecule has 3 rings (SSSR count). The van der Waals surface area contributed by atoms with Crippen molar-refractivity contribution in [3.63, 3.8) is 0 Å². The van der Waals surface area contributed by atoms with Gasteiger partial charge in [-0.15, -0.1) is 0 Å². The molecule has 0 unspecified atom stereocenters. The first-order valence-corrected chi connectivity index (χ1v) is 8.86. The summed E-state index contributed by atoms with van der Waals surface area (Å²) >= 11 is 0. The molecular formula is C21H26N2O2. The van der Waals surface area contributed by atoms with Gasteiger partial charge in [-0.2, -0.15) is 0 Å². The average molecular weight is 338 g/mol. The molecular weight excluding hydrogens is 312 g/mol. The van der Waals surface area contributed by atoms with Gasteiger partial charge < -0.3 is 9.64 Å². The van der Waals surface area contributed by atoms with Gasteiger partial charge in [-0.1, -0.05) is 48.5 Å². The molecule has 1 heterocycles. The number of para-hydroxylation sites is 1. The number of amides is 1. The SMILES string of the molecule is Cc1cccc(C)c1N(Cc1ccccc1)C(=O)CN1CCOCC1. The zero-order chi connectivity index (χ0) is 17.6. The van der Waals surface area contributed by atoms with Crippen LogP contribution in [0.3, 0.4) is 0 Å². The van der Waals surface area contributed by atoms with Gasteiger partial charge in [-0.3, -0.25) is 9.69 Å². The van der Waals surface area contributed by atoms with Gasteiger partial charge >= 0.3 is 0 Å². The first-order chi connectivity index (χ1) is 12.1. The van der Waals surface area contributed by atoms with E-state index in [4.69, 9.17) is 4.74 Å². The molecule has 2 aromatic carbocycles. The zero-order valence-corrected chi connectivity index (χ0v) is 15.1. The Labute approximate surface area is 150 Å². The van der Waals surface area contributed by atoms with E-state index in [1.54, 1.807) is 0 Å². The highest BCUT2D eigenvalue weighted by Crippen LogP contribution is 2.26. The van der Waals surface area contributed by atoms with Crippen molar-refractivity contribution >= 4 is 11.6 Å². The Kier molecular flexibility index (Phi) is 5.84. The first kappa shape index (κ1) is 17.6. The molecule has 0 atom stereocenters. The Balaban J connectivity index is 1.87. The summed E-state index contributed by atoms with van der Waals surface area (Å²) in [5.74, 6) is 0.142. The number of benzene rings is 2. The van der Waals surface area contributed by atoms with Crippen LogP contribution in [0.4, 0.5) is 5.69 Å². The topological polar surface area (TPSA) is 32.8 Å². The van der Waals surface area contributed by atoms with Gasteiger partial charge in [0.25, 0.3) is 0 Å². The Morgan fingerprint density at radius 2 is 1.64 bits per heavy atom. The van der Waals surface area contributed by atoms with Crippen LogP contribution in [0.1, 0.15) is 16.7 Å². The minimum Gasteiger partial charge on any atom is -0.379 e. The molecule has 1 aliphatic rings. The molecule has 0 saturated carbocycles. The van der Waals surface area contributed by atoms with E-state index in [-0.39, 0.29) is 5.91 Å². The normalized spacial score (nSPS) is 15.1. The molecule has 2 aromatic rings. The second-order valence-corrected chi connectivity index (χ2v) is 6.59. The zero-order valence-electron chi connectivity index (χ0n) is 15.1. The maximum atomic E-state index is 13.2. The van der Waals surface area contributed by atoms with Crippen LogP contribution in [-0.2, 0) is 16.1 Å². The Morgan fingerprint density at radius 3 is 2.28 bits per heavy atom. The lowest BCUT2D eigenvalue weighted by atomic mass is 10.1. The Morgan fingerprint density at radius 1 is 1.00 bits per heavy atom. The molecule has 1 saturated heterocycles. The minimum atomic E-state index is 0.142. The third kappa shape index (κ3) is 4.47. The fourth-order valence-corrected chi connectivity index (χ4v) is 3.33. The van der Waals surface area contributed by atoms with Gasteiger partial charge in [-0.25, -0.2) is 0 Å². The standard InChI is InChI=1S/C21H26N2O2/c1-17-7-6-8-18(2)21(17)23(15-19-9-4-3-5-10-19)20(24)16-22-11-13-25-14-12-22/h3-10H,11-16H2,1-2H3. The van der Waals surface area contributed by atoms with Gasteiger partial charge in [-0.05, 0) is 30.5 Å². The fraction of sp³-hybridized carbons (Fsp3) is 0.381. The molecule has 25 heavy (non-hydrogen) atoms. The van der Waals surface area contributed by atoms with E-state index in [9.17, 15) is 4.79 Å². The predicted molar refractivity (Wildman–Crippen MR) is 101 cm³/mol. The van der Waals surface area contributed by atoms with E-state index in [0.29, 0.717) is 26.3 Å². The minimum absolute atomic E-state index is 0.142. The summed E-state index contributed by atoms with van der Waals surface area (Å²) in [7, 11) is 0. The number of morpholine rings is 1. The van der Waals surface area contributed by atoms with Crippen LogP contribution in [0.15, 0.2) is 48.5 Å². The summed E-state index contributed by atoms with van der Waals surface area (Å²) in [6.07, 6.45) is 0. The largest absolute Gasteiger partial charge is 0.379 e. The first-order valence-electron chi connectivity index (χ1n) is 8.86. The Bertz CT molecular complexity index is 689. The van der Waals surface area contributed by atoms with E-state index in [2.05, 4.69) is 43.0 Å². The van der Waals surface area contributed by atoms with Crippen molar-refractivity contribution in [1.82, 2.24) is 4.90 Å². The van der Waals surface area contributed by atoms with E-state index in [0.717, 1.165) is 35.5 Å². The van der Waals surface area contributed by atoms with Gasteiger partial charge in [0.15, 0.2) is 0 Å². The molecule has 0 aliphatic carbocycles. The highest BCUT2D eigenvalue weighted by molar-refractivity contribution is 5.96. The maximum Gasteiger partial charge on any atom is 0.241 e. The highest BCUT2D eigenvalue weighted by Gasteiger charge is 2.23. The van der Waals surface area contributed by atoms with Gasteiger partial charge in [0.05, 0.1) is 26.3 Å². The quantitative estimate of drug-likeness (QED) is 0.839. The lowest BCUT2D eigenvalue weighted by molar-refractivity contribution is -0.120. The summed E-state index contributed by atoms with van der Waals surface area (Å²) in [5, 5.41) is 0. The predicted octanol–water partition coefficient (Wildman–Crippen LogP) is 3.17. The second kappa shape index (κ2) is 8.28. The van der Waals surface area contributed by atoms with Crippen LogP contribution in [0.2, 0.25) is 0 Å². The summed E-state index contributed by atoms with van der Waals surface area (Å²) in [5.41, 5.74) is 4.43. The molecule has 1 fully saturated rings. The number of nitrogens with zero attached hydrogens (tertiary/aromatic N) is 2. The van der Waals surface area contributed by atoms with Crippen LogP contribution < -0.4 is 4.90 Å². The number of carbonyl (C=O) groups excluding carboxylic acids is 1. The third-order valence-electron chi connectivity index (χ3n) is 4.66. The molecule has 0 spiro atoms. The van der Waals surface area contributed by atoms with Crippen LogP contribution >= 0.6 is 0 Å². The molecule has 1 aliphatic heterocycles. The number of aryl methyl sites for hydroxylation is 2. The molecule has 1 amide bonds. The lowest BCUT2D eigenvalue weighted by Crippen LogP contribution is -2.45. The van der Waals surface area contributed by atoms with Crippen LogP contribution in [-0.4, -0.2) is 43.7 Å². The van der Waals surface area contributed by atoms with Crippen LogP contribution in [0, 0.1) is 13.8 Å². The van der Waals surface area contributed by atoms with E-state index in [1.807, 2.05) is 29.2 Å². The molecule has 4 nitrogen and oxygen atoms in total. The van der Waals surface area contributed by atoms with Gasteiger partial charge in [0.2, 0.25) is 5.91 Å². The van der Waals surface area contributed by atoms with Crippen molar-refractivity contribution in [2.75, 3.05) is 37.7 Å². The summed E-state index contributed by atoms with van der Waals surface area (Å²) in [6, 6.07) is 16.4. The smallest absolute Gasteiger partial charge is 0.241 e. The van der Waals surface area contributed by atoms with E-state index >= 15 is 0 Å². The molecule has 0 radical (unpaired) electrons. The summed E-state index contributed by atoms with van der Waals surface area (Å²) < 4.78 is 5.39. The number of rotatable bonds is 5. The van der Waals surface area contributed by atoms with Gasteiger partial charge in [0, 0.05) is 18.8 Å². The summed E-state index contributed by atoms with van der Waals surface area (Å²) in [4.78, 5) is 17.3. The molecule has 0 bridgehead atoms. The van der Waals surface area contributed by atoms with Crippen LogP contribution in [0.25, 0.3) is 0 Å².